The second kappa shape index (κ2) is 5.85. The molecule has 2 saturated heterocycles. The Morgan fingerprint density at radius 2 is 2.17 bits per heavy atom. The monoisotopic (exact) mass is 332 g/mol. The van der Waals surface area contributed by atoms with Crippen LogP contribution in [0.2, 0.25) is 0 Å². The maximum Gasteiger partial charge on any atom is 0.225 e. The van der Waals surface area contributed by atoms with Crippen LogP contribution in [0.4, 0.5) is 0 Å². The van der Waals surface area contributed by atoms with E-state index in [2.05, 4.69) is 23.1 Å². The number of aliphatic hydroxyl groups excluding tert-OH is 1. The summed E-state index contributed by atoms with van der Waals surface area (Å²) in [4.78, 5) is 16.9. The minimum absolute atomic E-state index is 0.140. The number of fused-ring (bicyclic) bond motifs is 1. The SMILES string of the molecule is Cc1nn(C)cc1CN1C[C@@H]2CCN(C(=O)C3CC3)C[C@]2(CO)C1. The van der Waals surface area contributed by atoms with Crippen LogP contribution in [0.25, 0.3) is 0 Å². The van der Waals surface area contributed by atoms with Gasteiger partial charge in [0, 0.05) is 62.9 Å². The highest BCUT2D eigenvalue weighted by Crippen LogP contribution is 2.43. The highest BCUT2D eigenvalue weighted by Gasteiger charge is 2.51. The lowest BCUT2D eigenvalue weighted by atomic mass is 9.74. The number of hydrogen-bond donors (Lipinski definition) is 1. The minimum Gasteiger partial charge on any atom is -0.396 e. The van der Waals surface area contributed by atoms with Gasteiger partial charge in [-0.1, -0.05) is 0 Å². The standard InChI is InChI=1S/C18H28N4O2/c1-13-15(7-20(2)19-13)8-21-9-16-5-6-22(17(24)14-3-4-14)11-18(16,10-21)12-23/h7,14,16,23H,3-6,8-12H2,1-2H3/t16-,18-/m0/s1. The number of nitrogens with zero attached hydrogens (tertiary/aromatic N) is 4. The summed E-state index contributed by atoms with van der Waals surface area (Å²) >= 11 is 0. The summed E-state index contributed by atoms with van der Waals surface area (Å²) in [6.07, 6.45) is 5.21. The van der Waals surface area contributed by atoms with Crippen molar-refractivity contribution in [2.24, 2.45) is 24.3 Å². The summed E-state index contributed by atoms with van der Waals surface area (Å²) in [5.74, 6) is 1.08. The molecule has 1 aromatic rings. The Morgan fingerprint density at radius 1 is 1.38 bits per heavy atom. The van der Waals surface area contributed by atoms with Gasteiger partial charge in [0.05, 0.1) is 12.3 Å². The Balaban J connectivity index is 1.47. The van der Waals surface area contributed by atoms with Crippen molar-refractivity contribution in [3.63, 3.8) is 0 Å². The molecule has 0 unspecified atom stereocenters. The fourth-order valence-corrected chi connectivity index (χ4v) is 4.66. The smallest absolute Gasteiger partial charge is 0.225 e. The van der Waals surface area contributed by atoms with Crippen LogP contribution in [0.3, 0.4) is 0 Å². The van der Waals surface area contributed by atoms with Gasteiger partial charge in [0.25, 0.3) is 0 Å². The van der Waals surface area contributed by atoms with Gasteiger partial charge < -0.3 is 10.0 Å². The first-order valence-electron chi connectivity index (χ1n) is 9.12. The maximum atomic E-state index is 12.4. The Kier molecular flexibility index (Phi) is 3.92. The quantitative estimate of drug-likeness (QED) is 0.885. The van der Waals surface area contributed by atoms with Gasteiger partial charge in [-0.2, -0.15) is 5.10 Å². The van der Waals surface area contributed by atoms with Crippen LogP contribution < -0.4 is 0 Å². The number of amides is 1. The number of aryl methyl sites for hydroxylation is 2. The third-order valence-corrected chi connectivity index (χ3v) is 6.20. The molecule has 1 saturated carbocycles. The summed E-state index contributed by atoms with van der Waals surface area (Å²) in [6, 6.07) is 0. The number of aromatic nitrogens is 2. The number of carbonyl (C=O) groups is 1. The van der Waals surface area contributed by atoms with E-state index in [1.165, 1.54) is 5.56 Å². The first-order valence-corrected chi connectivity index (χ1v) is 9.12. The molecule has 1 N–H and O–H groups in total. The van der Waals surface area contributed by atoms with Crippen molar-refractivity contribution in [1.82, 2.24) is 19.6 Å². The first-order chi connectivity index (χ1) is 11.5. The summed E-state index contributed by atoms with van der Waals surface area (Å²) in [5.41, 5.74) is 2.20. The fraction of sp³-hybridized carbons (Fsp3) is 0.778. The van der Waals surface area contributed by atoms with Crippen molar-refractivity contribution < 1.29 is 9.90 Å². The van der Waals surface area contributed by atoms with Gasteiger partial charge in [0.1, 0.15) is 0 Å². The molecule has 4 rings (SSSR count). The molecule has 24 heavy (non-hydrogen) atoms. The molecular weight excluding hydrogens is 304 g/mol. The molecule has 2 atom stereocenters. The van der Waals surface area contributed by atoms with Gasteiger partial charge in [0.2, 0.25) is 5.91 Å². The molecule has 3 heterocycles. The van der Waals surface area contributed by atoms with E-state index in [-0.39, 0.29) is 17.9 Å². The van der Waals surface area contributed by atoms with Crippen molar-refractivity contribution >= 4 is 5.91 Å². The van der Waals surface area contributed by atoms with Crippen molar-refractivity contribution in [3.8, 4) is 0 Å². The molecule has 132 valence electrons. The fourth-order valence-electron chi connectivity index (χ4n) is 4.66. The molecule has 1 aromatic heterocycles. The molecule has 1 aliphatic carbocycles. The van der Waals surface area contributed by atoms with E-state index in [1.54, 1.807) is 0 Å². The third-order valence-electron chi connectivity index (χ3n) is 6.20. The minimum atomic E-state index is -0.140. The van der Waals surface area contributed by atoms with E-state index in [0.717, 1.165) is 57.7 Å². The van der Waals surface area contributed by atoms with Gasteiger partial charge in [-0.15, -0.1) is 0 Å². The Labute approximate surface area is 143 Å². The van der Waals surface area contributed by atoms with Crippen LogP contribution in [0.5, 0.6) is 0 Å². The molecule has 0 bridgehead atoms. The lowest BCUT2D eigenvalue weighted by Gasteiger charge is -2.43. The highest BCUT2D eigenvalue weighted by atomic mass is 16.3. The molecular formula is C18H28N4O2. The normalized spacial score (nSPS) is 30.6. The largest absolute Gasteiger partial charge is 0.396 e. The predicted octanol–water partition coefficient (Wildman–Crippen LogP) is 0.781. The maximum absolute atomic E-state index is 12.4. The van der Waals surface area contributed by atoms with E-state index < -0.39 is 0 Å². The van der Waals surface area contributed by atoms with Crippen LogP contribution in [0.1, 0.15) is 30.5 Å². The van der Waals surface area contributed by atoms with Crippen LogP contribution in [0.15, 0.2) is 6.20 Å². The second-order valence-electron chi connectivity index (χ2n) is 8.12. The van der Waals surface area contributed by atoms with Crippen LogP contribution >= 0.6 is 0 Å². The molecule has 3 aliphatic rings. The van der Waals surface area contributed by atoms with Crippen LogP contribution in [-0.4, -0.2) is 63.4 Å². The molecule has 6 nitrogen and oxygen atoms in total. The van der Waals surface area contributed by atoms with E-state index in [4.69, 9.17) is 0 Å². The van der Waals surface area contributed by atoms with Crippen LogP contribution in [0, 0.1) is 24.2 Å². The Bertz CT molecular complexity index is 639. The van der Waals surface area contributed by atoms with Crippen molar-refractivity contribution in [2.75, 3.05) is 32.8 Å². The van der Waals surface area contributed by atoms with E-state index in [0.29, 0.717) is 11.8 Å². The molecule has 0 radical (unpaired) electrons. The van der Waals surface area contributed by atoms with E-state index in [1.807, 2.05) is 16.6 Å². The van der Waals surface area contributed by atoms with Crippen molar-refractivity contribution in [1.29, 1.82) is 0 Å². The molecule has 6 heteroatoms. The van der Waals surface area contributed by atoms with Gasteiger partial charge in [-0.25, -0.2) is 0 Å². The summed E-state index contributed by atoms with van der Waals surface area (Å²) < 4.78 is 1.87. The van der Waals surface area contributed by atoms with Crippen molar-refractivity contribution in [2.45, 2.75) is 32.7 Å². The van der Waals surface area contributed by atoms with Gasteiger partial charge in [0.15, 0.2) is 0 Å². The molecule has 0 spiro atoms. The van der Waals surface area contributed by atoms with Crippen molar-refractivity contribution in [3.05, 3.63) is 17.5 Å². The van der Waals surface area contributed by atoms with Gasteiger partial charge in [-0.3, -0.25) is 14.4 Å². The summed E-state index contributed by atoms with van der Waals surface area (Å²) in [7, 11) is 1.96. The van der Waals surface area contributed by atoms with Crippen LogP contribution in [-0.2, 0) is 18.4 Å². The second-order valence-corrected chi connectivity index (χ2v) is 8.12. The van der Waals surface area contributed by atoms with Gasteiger partial charge in [-0.05, 0) is 32.1 Å². The predicted molar refractivity (Wildman–Crippen MR) is 90.2 cm³/mol. The molecule has 0 aromatic carbocycles. The number of rotatable bonds is 4. The average Bonchev–Trinajstić information content (AvgIpc) is 3.27. The Morgan fingerprint density at radius 3 is 2.79 bits per heavy atom. The first kappa shape index (κ1) is 16.1. The summed E-state index contributed by atoms with van der Waals surface area (Å²) in [6.45, 7) is 6.59. The molecule has 1 amide bonds. The lowest BCUT2D eigenvalue weighted by Crippen LogP contribution is -2.53. The number of likely N-dealkylation sites (tertiary alicyclic amines) is 2. The number of aliphatic hydroxyl groups is 1. The highest BCUT2D eigenvalue weighted by molar-refractivity contribution is 5.81. The number of piperidine rings is 1. The van der Waals surface area contributed by atoms with E-state index in [9.17, 15) is 9.90 Å². The van der Waals surface area contributed by atoms with Gasteiger partial charge >= 0.3 is 0 Å². The number of hydrogen-bond acceptors (Lipinski definition) is 4. The topological polar surface area (TPSA) is 61.6 Å². The molecule has 3 fully saturated rings. The average molecular weight is 332 g/mol. The third kappa shape index (κ3) is 2.75. The Hall–Kier alpha value is -1.40. The van der Waals surface area contributed by atoms with E-state index >= 15 is 0 Å². The molecule has 2 aliphatic heterocycles. The number of carbonyl (C=O) groups excluding carboxylic acids is 1. The summed E-state index contributed by atoms with van der Waals surface area (Å²) in [5, 5.41) is 14.6. The zero-order valence-corrected chi connectivity index (χ0v) is 14.7. The zero-order chi connectivity index (χ0) is 16.9. The lowest BCUT2D eigenvalue weighted by molar-refractivity contribution is -0.137. The zero-order valence-electron chi connectivity index (χ0n) is 14.7.